The zero-order chi connectivity index (χ0) is 12.3. The van der Waals surface area contributed by atoms with Crippen molar-refractivity contribution in [3.8, 4) is 17.3 Å². The lowest BCUT2D eigenvalue weighted by molar-refractivity contribution is 0.969. The average molecular weight is 288 g/mol. The number of benzene rings is 1. The molecule has 0 radical (unpaired) electrons. The highest BCUT2D eigenvalue weighted by molar-refractivity contribution is 9.10. The van der Waals surface area contributed by atoms with Crippen molar-refractivity contribution in [3.05, 3.63) is 46.3 Å². The van der Waals surface area contributed by atoms with E-state index in [1.807, 2.05) is 37.3 Å². The summed E-state index contributed by atoms with van der Waals surface area (Å²) in [5.74, 6) is 0.574. The number of halogens is 1. The Morgan fingerprint density at radius 3 is 2.59 bits per heavy atom. The maximum atomic E-state index is 8.67. The van der Waals surface area contributed by atoms with Crippen LogP contribution in [-0.4, -0.2) is 9.97 Å². The summed E-state index contributed by atoms with van der Waals surface area (Å²) in [6.45, 7) is 1.91. The largest absolute Gasteiger partial charge is 0.237 e. The maximum Gasteiger partial charge on any atom is 0.143 e. The van der Waals surface area contributed by atoms with Crippen LogP contribution in [0.5, 0.6) is 0 Å². The molecule has 0 bridgehead atoms. The van der Waals surface area contributed by atoms with Crippen LogP contribution in [0.4, 0.5) is 0 Å². The van der Waals surface area contributed by atoms with Gasteiger partial charge in [-0.25, -0.2) is 9.97 Å². The zero-order valence-corrected chi connectivity index (χ0v) is 10.9. The van der Waals surface area contributed by atoms with Crippen molar-refractivity contribution in [2.24, 2.45) is 0 Å². The molecule has 17 heavy (non-hydrogen) atoms. The number of nitrogens with zero attached hydrogens (tertiary/aromatic N) is 3. The summed E-state index contributed by atoms with van der Waals surface area (Å²) in [6, 6.07) is 11.9. The van der Waals surface area contributed by atoms with Crippen LogP contribution in [0.2, 0.25) is 0 Å². The molecular formula is C13H10BrN3. The molecule has 0 N–H and O–H groups in total. The third kappa shape index (κ3) is 2.89. The number of hydrogen-bond acceptors (Lipinski definition) is 3. The van der Waals surface area contributed by atoms with Crippen LogP contribution in [0.25, 0.3) is 11.3 Å². The van der Waals surface area contributed by atoms with Crippen molar-refractivity contribution in [2.75, 3.05) is 0 Å². The van der Waals surface area contributed by atoms with Crippen molar-refractivity contribution < 1.29 is 0 Å². The van der Waals surface area contributed by atoms with Crippen LogP contribution >= 0.6 is 15.9 Å². The first-order chi connectivity index (χ1) is 8.19. The van der Waals surface area contributed by atoms with Gasteiger partial charge in [-0.3, -0.25) is 0 Å². The lowest BCUT2D eigenvalue weighted by Gasteiger charge is -2.04. The van der Waals surface area contributed by atoms with Gasteiger partial charge in [0.25, 0.3) is 0 Å². The summed E-state index contributed by atoms with van der Waals surface area (Å²) in [5.41, 5.74) is 2.76. The molecule has 0 unspecified atom stereocenters. The Kier molecular flexibility index (Phi) is 3.50. The number of rotatable bonds is 2. The fraction of sp³-hybridized carbons (Fsp3) is 0.154. The van der Waals surface area contributed by atoms with Gasteiger partial charge in [0.05, 0.1) is 18.2 Å². The van der Waals surface area contributed by atoms with Crippen molar-refractivity contribution in [3.63, 3.8) is 0 Å². The van der Waals surface area contributed by atoms with E-state index < -0.39 is 0 Å². The first-order valence-electron chi connectivity index (χ1n) is 5.16. The Balaban J connectivity index is 2.45. The SMILES string of the molecule is Cc1cc(-c2ccc(Br)cc2)nc(CC#N)n1. The molecule has 1 heterocycles. The van der Waals surface area contributed by atoms with Gasteiger partial charge in [0.15, 0.2) is 0 Å². The van der Waals surface area contributed by atoms with E-state index in [-0.39, 0.29) is 6.42 Å². The minimum absolute atomic E-state index is 0.241. The summed E-state index contributed by atoms with van der Waals surface area (Å²) < 4.78 is 1.03. The number of aryl methyl sites for hydroxylation is 1. The van der Waals surface area contributed by atoms with Crippen molar-refractivity contribution in [2.45, 2.75) is 13.3 Å². The quantitative estimate of drug-likeness (QED) is 0.852. The smallest absolute Gasteiger partial charge is 0.143 e. The first-order valence-corrected chi connectivity index (χ1v) is 5.96. The van der Waals surface area contributed by atoms with Gasteiger partial charge in [-0.15, -0.1) is 0 Å². The topological polar surface area (TPSA) is 49.6 Å². The highest BCUT2D eigenvalue weighted by Crippen LogP contribution is 2.20. The molecule has 84 valence electrons. The van der Waals surface area contributed by atoms with Crippen LogP contribution in [0.1, 0.15) is 11.5 Å². The summed E-state index contributed by atoms with van der Waals surface area (Å²) in [4.78, 5) is 8.60. The summed E-state index contributed by atoms with van der Waals surface area (Å²) in [5, 5.41) is 8.67. The van der Waals surface area contributed by atoms with E-state index in [2.05, 4.69) is 32.0 Å². The van der Waals surface area contributed by atoms with E-state index in [4.69, 9.17) is 5.26 Å². The molecule has 0 fully saturated rings. The van der Waals surface area contributed by atoms with Crippen molar-refractivity contribution in [1.29, 1.82) is 5.26 Å². The Morgan fingerprint density at radius 2 is 1.94 bits per heavy atom. The van der Waals surface area contributed by atoms with Crippen LogP contribution < -0.4 is 0 Å². The molecule has 3 nitrogen and oxygen atoms in total. The third-order valence-electron chi connectivity index (χ3n) is 2.28. The Morgan fingerprint density at radius 1 is 1.24 bits per heavy atom. The molecule has 1 aromatic heterocycles. The predicted octanol–water partition coefficient (Wildman–Crippen LogP) is 3.28. The van der Waals surface area contributed by atoms with Crippen LogP contribution in [-0.2, 0) is 6.42 Å². The van der Waals surface area contributed by atoms with Gasteiger partial charge in [0.1, 0.15) is 5.82 Å². The van der Waals surface area contributed by atoms with Crippen molar-refractivity contribution in [1.82, 2.24) is 9.97 Å². The van der Waals surface area contributed by atoms with E-state index in [0.29, 0.717) is 5.82 Å². The number of aromatic nitrogens is 2. The monoisotopic (exact) mass is 287 g/mol. The molecule has 2 rings (SSSR count). The third-order valence-corrected chi connectivity index (χ3v) is 2.81. The summed E-state index contributed by atoms with van der Waals surface area (Å²) >= 11 is 3.40. The average Bonchev–Trinajstić information content (AvgIpc) is 2.29. The van der Waals surface area contributed by atoms with E-state index in [9.17, 15) is 0 Å². The standard InChI is InChI=1S/C13H10BrN3/c1-9-8-12(17-13(16-9)6-7-15)10-2-4-11(14)5-3-10/h2-5,8H,6H2,1H3. The normalized spacial score (nSPS) is 9.94. The molecular weight excluding hydrogens is 278 g/mol. The first kappa shape index (κ1) is 11.7. The molecule has 0 aliphatic carbocycles. The fourth-order valence-electron chi connectivity index (χ4n) is 1.55. The highest BCUT2D eigenvalue weighted by atomic mass is 79.9. The molecule has 0 spiro atoms. The van der Waals surface area contributed by atoms with Gasteiger partial charge in [-0.05, 0) is 25.1 Å². The lowest BCUT2D eigenvalue weighted by Crippen LogP contribution is -1.98. The highest BCUT2D eigenvalue weighted by Gasteiger charge is 2.04. The van der Waals surface area contributed by atoms with Gasteiger partial charge in [-0.1, -0.05) is 28.1 Å². The zero-order valence-electron chi connectivity index (χ0n) is 9.31. The van der Waals surface area contributed by atoms with Gasteiger partial charge >= 0.3 is 0 Å². The van der Waals surface area contributed by atoms with Crippen LogP contribution in [0.3, 0.4) is 0 Å². The Bertz CT molecular complexity index is 570. The molecule has 4 heteroatoms. The second-order valence-corrected chi connectivity index (χ2v) is 4.57. The predicted molar refractivity (Wildman–Crippen MR) is 69.2 cm³/mol. The van der Waals surface area contributed by atoms with E-state index >= 15 is 0 Å². The molecule has 0 aliphatic rings. The Hall–Kier alpha value is -1.73. The summed E-state index contributed by atoms with van der Waals surface area (Å²) in [6.07, 6.45) is 0.241. The van der Waals surface area contributed by atoms with Crippen LogP contribution in [0, 0.1) is 18.3 Å². The van der Waals surface area contributed by atoms with Gasteiger partial charge in [0, 0.05) is 15.7 Å². The lowest BCUT2D eigenvalue weighted by atomic mass is 10.1. The van der Waals surface area contributed by atoms with Gasteiger partial charge in [0.2, 0.25) is 0 Å². The molecule has 0 atom stereocenters. The number of hydrogen-bond donors (Lipinski definition) is 0. The van der Waals surface area contributed by atoms with Crippen molar-refractivity contribution >= 4 is 15.9 Å². The van der Waals surface area contributed by atoms with E-state index in [1.165, 1.54) is 0 Å². The fourth-order valence-corrected chi connectivity index (χ4v) is 1.81. The maximum absolute atomic E-state index is 8.67. The van der Waals surface area contributed by atoms with E-state index in [0.717, 1.165) is 21.4 Å². The second kappa shape index (κ2) is 5.07. The molecule has 2 aromatic rings. The molecule has 0 amide bonds. The molecule has 0 saturated heterocycles. The minimum Gasteiger partial charge on any atom is -0.237 e. The summed E-state index contributed by atoms with van der Waals surface area (Å²) in [7, 11) is 0. The Labute approximate surface area is 108 Å². The molecule has 0 saturated carbocycles. The number of nitriles is 1. The second-order valence-electron chi connectivity index (χ2n) is 3.65. The minimum atomic E-state index is 0.241. The van der Waals surface area contributed by atoms with Crippen LogP contribution in [0.15, 0.2) is 34.8 Å². The van der Waals surface area contributed by atoms with Gasteiger partial charge < -0.3 is 0 Å². The van der Waals surface area contributed by atoms with E-state index in [1.54, 1.807) is 0 Å². The molecule has 0 aliphatic heterocycles. The van der Waals surface area contributed by atoms with Gasteiger partial charge in [-0.2, -0.15) is 5.26 Å². The molecule has 1 aromatic carbocycles.